The van der Waals surface area contributed by atoms with Crippen molar-refractivity contribution in [1.82, 2.24) is 5.01 Å². The van der Waals surface area contributed by atoms with Crippen molar-refractivity contribution in [3.63, 3.8) is 0 Å². The van der Waals surface area contributed by atoms with Crippen molar-refractivity contribution in [2.24, 2.45) is 11.0 Å². The molecule has 2 aromatic carbocycles. The lowest BCUT2D eigenvalue weighted by Crippen LogP contribution is -2.34. The first-order valence-corrected chi connectivity index (χ1v) is 7.93. The Bertz CT molecular complexity index is 817. The van der Waals surface area contributed by atoms with Gasteiger partial charge in [-0.1, -0.05) is 30.3 Å². The van der Waals surface area contributed by atoms with Gasteiger partial charge in [-0.05, 0) is 17.7 Å². The maximum atomic E-state index is 12.1. The van der Waals surface area contributed by atoms with Crippen molar-refractivity contribution in [1.29, 1.82) is 0 Å². The number of carbonyl (C=O) groups is 1. The number of ether oxygens (including phenoxy) is 2. The first kappa shape index (κ1) is 14.8. The summed E-state index contributed by atoms with van der Waals surface area (Å²) in [4.78, 5) is 12.1. The predicted molar refractivity (Wildman–Crippen MR) is 90.2 cm³/mol. The average molecular weight is 322 g/mol. The van der Waals surface area contributed by atoms with Gasteiger partial charge in [0.2, 0.25) is 5.91 Å². The molecule has 0 aliphatic carbocycles. The van der Waals surface area contributed by atoms with Crippen molar-refractivity contribution in [3.8, 4) is 11.5 Å². The third kappa shape index (κ3) is 2.24. The van der Waals surface area contributed by atoms with Gasteiger partial charge in [0, 0.05) is 18.6 Å². The van der Waals surface area contributed by atoms with Crippen LogP contribution in [0.15, 0.2) is 53.6 Å². The third-order valence-corrected chi connectivity index (χ3v) is 4.56. The molecule has 0 unspecified atom stereocenters. The monoisotopic (exact) mass is 322 g/mol. The fraction of sp³-hybridized carbons (Fsp3) is 0.263. The first-order valence-electron chi connectivity index (χ1n) is 7.93. The van der Waals surface area contributed by atoms with Gasteiger partial charge in [0.25, 0.3) is 0 Å². The van der Waals surface area contributed by atoms with E-state index in [2.05, 4.69) is 5.10 Å². The topological polar surface area (TPSA) is 51.1 Å². The van der Waals surface area contributed by atoms with E-state index in [-0.39, 0.29) is 17.9 Å². The van der Waals surface area contributed by atoms with Gasteiger partial charge < -0.3 is 9.47 Å². The molecule has 5 heteroatoms. The number of nitrogens with zero attached hydrogens (tertiary/aromatic N) is 2. The second-order valence-corrected chi connectivity index (χ2v) is 5.98. The Hall–Kier alpha value is -2.82. The number of amides is 1. The molecule has 1 amide bonds. The number of hydrogen-bond acceptors (Lipinski definition) is 4. The fourth-order valence-electron chi connectivity index (χ4n) is 3.43. The lowest BCUT2D eigenvalue weighted by atomic mass is 9.86. The molecule has 0 N–H and O–H groups in total. The number of fused-ring (bicyclic) bond motifs is 3. The number of hydrogen-bond donors (Lipinski definition) is 0. The quantitative estimate of drug-likeness (QED) is 0.854. The molecule has 24 heavy (non-hydrogen) atoms. The lowest BCUT2D eigenvalue weighted by Gasteiger charge is -2.29. The zero-order valence-corrected chi connectivity index (χ0v) is 13.6. The molecule has 5 nitrogen and oxygen atoms in total. The molecular formula is C19H18N2O3. The minimum Gasteiger partial charge on any atom is -0.497 e. The Balaban J connectivity index is 1.79. The second-order valence-electron chi connectivity index (χ2n) is 5.98. The molecule has 2 aliphatic rings. The molecule has 2 atom stereocenters. The van der Waals surface area contributed by atoms with Crippen LogP contribution in [0.1, 0.15) is 24.1 Å². The normalized spacial score (nSPS) is 21.4. The van der Waals surface area contributed by atoms with Crippen LogP contribution in [0.2, 0.25) is 0 Å². The highest BCUT2D eigenvalue weighted by Crippen LogP contribution is 2.43. The highest BCUT2D eigenvalue weighted by molar-refractivity contribution is 6.07. The van der Waals surface area contributed by atoms with Crippen LogP contribution in [0.3, 0.4) is 0 Å². The van der Waals surface area contributed by atoms with Crippen molar-refractivity contribution >= 4 is 11.6 Å². The summed E-state index contributed by atoms with van der Waals surface area (Å²) in [6.07, 6.45) is 0. The molecule has 4 rings (SSSR count). The third-order valence-electron chi connectivity index (χ3n) is 4.56. The Morgan fingerprint density at radius 2 is 2.04 bits per heavy atom. The summed E-state index contributed by atoms with van der Waals surface area (Å²) in [5.41, 5.74) is 2.90. The van der Waals surface area contributed by atoms with E-state index >= 15 is 0 Å². The summed E-state index contributed by atoms with van der Waals surface area (Å²) >= 11 is 0. The summed E-state index contributed by atoms with van der Waals surface area (Å²) in [5, 5.41) is 6.23. The Morgan fingerprint density at radius 3 is 2.75 bits per heavy atom. The molecule has 2 aromatic rings. The van der Waals surface area contributed by atoms with Gasteiger partial charge in [-0.25, -0.2) is 5.01 Å². The lowest BCUT2D eigenvalue weighted by molar-refractivity contribution is -0.131. The van der Waals surface area contributed by atoms with E-state index in [4.69, 9.17) is 9.47 Å². The van der Waals surface area contributed by atoms with Crippen molar-refractivity contribution in [2.75, 3.05) is 13.7 Å². The number of benzene rings is 2. The van der Waals surface area contributed by atoms with E-state index in [1.54, 1.807) is 19.0 Å². The summed E-state index contributed by atoms with van der Waals surface area (Å²) in [6, 6.07) is 15.6. The smallest absolute Gasteiger partial charge is 0.240 e. The van der Waals surface area contributed by atoms with E-state index in [1.807, 2.05) is 48.5 Å². The Labute approximate surface area is 140 Å². The van der Waals surface area contributed by atoms with E-state index in [0.29, 0.717) is 6.61 Å². The van der Waals surface area contributed by atoms with Crippen LogP contribution < -0.4 is 9.47 Å². The second kappa shape index (κ2) is 5.67. The van der Waals surface area contributed by atoms with Gasteiger partial charge in [0.15, 0.2) is 0 Å². The van der Waals surface area contributed by atoms with Crippen molar-refractivity contribution in [3.05, 3.63) is 59.7 Å². The highest BCUT2D eigenvalue weighted by Gasteiger charge is 2.44. The van der Waals surface area contributed by atoms with Crippen LogP contribution in [-0.2, 0) is 4.79 Å². The number of rotatable bonds is 2. The minimum atomic E-state index is -0.131. The van der Waals surface area contributed by atoms with Crippen LogP contribution in [0.4, 0.5) is 0 Å². The average Bonchev–Trinajstić information content (AvgIpc) is 3.02. The van der Waals surface area contributed by atoms with Crippen LogP contribution >= 0.6 is 0 Å². The molecule has 122 valence electrons. The summed E-state index contributed by atoms with van der Waals surface area (Å²) in [5.74, 6) is 1.45. The maximum Gasteiger partial charge on any atom is 0.240 e. The largest absolute Gasteiger partial charge is 0.497 e. The van der Waals surface area contributed by atoms with E-state index in [1.165, 1.54) is 0 Å². The molecular weight excluding hydrogens is 304 g/mol. The molecule has 2 aliphatic heterocycles. The van der Waals surface area contributed by atoms with Crippen LogP contribution in [0.25, 0.3) is 0 Å². The van der Waals surface area contributed by atoms with Gasteiger partial charge in [0.1, 0.15) is 11.5 Å². The summed E-state index contributed by atoms with van der Waals surface area (Å²) in [6.45, 7) is 2.04. The zero-order valence-electron chi connectivity index (χ0n) is 13.6. The molecule has 0 saturated carbocycles. The van der Waals surface area contributed by atoms with Gasteiger partial charge in [-0.2, -0.15) is 5.10 Å². The van der Waals surface area contributed by atoms with Gasteiger partial charge in [0.05, 0.1) is 31.4 Å². The number of carbonyl (C=O) groups excluding carboxylic acids is 1. The molecule has 0 bridgehead atoms. The Kier molecular flexibility index (Phi) is 3.49. The number of methoxy groups -OCH3 is 1. The molecule has 0 saturated heterocycles. The number of hydrazone groups is 1. The standard InChI is InChI=1S/C19H18N2O3/c1-12(22)21-19(13-6-4-3-5-7-13)16-11-24-17-10-14(23-2)8-9-15(17)18(16)20-21/h3-10,16,19H,11H2,1-2H3/t16-,19-/m1/s1. The van der Waals surface area contributed by atoms with Crippen LogP contribution in [0, 0.1) is 5.92 Å². The van der Waals surface area contributed by atoms with E-state index in [0.717, 1.165) is 28.3 Å². The van der Waals surface area contributed by atoms with Gasteiger partial charge in [-0.3, -0.25) is 4.79 Å². The van der Waals surface area contributed by atoms with Gasteiger partial charge in [-0.15, -0.1) is 0 Å². The molecule has 2 heterocycles. The van der Waals surface area contributed by atoms with E-state index in [9.17, 15) is 4.79 Å². The fourth-order valence-corrected chi connectivity index (χ4v) is 3.43. The Morgan fingerprint density at radius 1 is 1.25 bits per heavy atom. The summed E-state index contributed by atoms with van der Waals surface area (Å²) < 4.78 is 11.2. The van der Waals surface area contributed by atoms with Crippen molar-refractivity contribution < 1.29 is 14.3 Å². The van der Waals surface area contributed by atoms with Crippen molar-refractivity contribution in [2.45, 2.75) is 13.0 Å². The van der Waals surface area contributed by atoms with E-state index < -0.39 is 0 Å². The minimum absolute atomic E-state index is 0.0252. The highest BCUT2D eigenvalue weighted by atomic mass is 16.5. The predicted octanol–water partition coefficient (Wildman–Crippen LogP) is 3.01. The summed E-state index contributed by atoms with van der Waals surface area (Å²) in [7, 11) is 1.63. The molecule has 0 aromatic heterocycles. The molecule has 0 spiro atoms. The van der Waals surface area contributed by atoms with Crippen LogP contribution in [0.5, 0.6) is 11.5 Å². The first-order chi connectivity index (χ1) is 11.7. The zero-order chi connectivity index (χ0) is 16.7. The molecule has 0 radical (unpaired) electrons. The maximum absolute atomic E-state index is 12.1. The SMILES string of the molecule is COc1ccc2c(c1)OC[C@@H]1C2=NN(C(C)=O)[C@@H]1c1ccccc1. The molecule has 0 fully saturated rings. The van der Waals surface area contributed by atoms with Gasteiger partial charge >= 0.3 is 0 Å². The van der Waals surface area contributed by atoms with Crippen LogP contribution in [-0.4, -0.2) is 30.3 Å².